The van der Waals surface area contributed by atoms with E-state index < -0.39 is 0 Å². The Kier molecular flexibility index (Phi) is 3.13. The molecule has 25 heavy (non-hydrogen) atoms. The molecule has 3 N–H and O–H groups in total. The van der Waals surface area contributed by atoms with Gasteiger partial charge in [-0.2, -0.15) is 0 Å². The van der Waals surface area contributed by atoms with Crippen molar-refractivity contribution in [3.63, 3.8) is 0 Å². The number of allylic oxidation sites excluding steroid dienone is 3. The van der Waals surface area contributed by atoms with Crippen molar-refractivity contribution in [3.8, 4) is 0 Å². The maximum Gasteiger partial charge on any atom is 0.273 e. The second kappa shape index (κ2) is 5.48. The number of anilines is 1. The van der Waals surface area contributed by atoms with Gasteiger partial charge >= 0.3 is 0 Å². The number of aromatic nitrogens is 1. The first-order valence-corrected chi connectivity index (χ1v) is 8.65. The summed E-state index contributed by atoms with van der Waals surface area (Å²) in [5.41, 5.74) is 2.42. The Morgan fingerprint density at radius 1 is 1.24 bits per heavy atom. The van der Waals surface area contributed by atoms with Crippen LogP contribution in [0.4, 0.5) is 5.69 Å². The van der Waals surface area contributed by atoms with Crippen molar-refractivity contribution >= 4 is 22.4 Å². The highest BCUT2D eigenvalue weighted by atomic mass is 16.2. The van der Waals surface area contributed by atoms with Crippen molar-refractivity contribution in [1.29, 1.82) is 0 Å². The minimum Gasteiger partial charge on any atom is -0.358 e. The minimum absolute atomic E-state index is 0.0940. The van der Waals surface area contributed by atoms with Gasteiger partial charge in [-0.05, 0) is 43.0 Å². The summed E-state index contributed by atoms with van der Waals surface area (Å²) in [6.07, 6.45) is 14.5. The summed E-state index contributed by atoms with van der Waals surface area (Å²) >= 11 is 0. The summed E-state index contributed by atoms with van der Waals surface area (Å²) in [7, 11) is 0. The number of fused-ring (bicyclic) bond motifs is 2. The van der Waals surface area contributed by atoms with E-state index in [1.165, 1.54) is 12.8 Å². The first-order valence-electron chi connectivity index (χ1n) is 8.65. The summed E-state index contributed by atoms with van der Waals surface area (Å²) in [5, 5.41) is 8.62. The Balaban J connectivity index is 1.47. The maximum atomic E-state index is 13.0. The zero-order valence-electron chi connectivity index (χ0n) is 13.7. The van der Waals surface area contributed by atoms with E-state index in [-0.39, 0.29) is 12.1 Å². The first-order chi connectivity index (χ1) is 12.3. The number of carbonyl (C=O) groups excluding carboxylic acids is 1. The Morgan fingerprint density at radius 2 is 2.16 bits per heavy atom. The van der Waals surface area contributed by atoms with Gasteiger partial charge in [0, 0.05) is 28.7 Å². The van der Waals surface area contributed by atoms with Gasteiger partial charge in [0.05, 0.1) is 5.70 Å². The van der Waals surface area contributed by atoms with Crippen molar-refractivity contribution in [2.24, 2.45) is 5.92 Å². The fourth-order valence-corrected chi connectivity index (χ4v) is 3.60. The fraction of sp³-hybridized carbons (Fsp3) is 0.200. The van der Waals surface area contributed by atoms with E-state index in [0.29, 0.717) is 11.6 Å². The maximum absolute atomic E-state index is 13.0. The minimum atomic E-state index is -0.0940. The molecular weight excluding hydrogens is 312 g/mol. The molecule has 1 saturated carbocycles. The number of hydrogen-bond acceptors (Lipinski definition) is 3. The topological polar surface area (TPSA) is 58.5 Å². The lowest BCUT2D eigenvalue weighted by Crippen LogP contribution is -2.37. The second-order valence-electron chi connectivity index (χ2n) is 6.70. The van der Waals surface area contributed by atoms with Crippen LogP contribution in [0, 0.1) is 5.92 Å². The van der Waals surface area contributed by atoms with Crippen LogP contribution in [0.25, 0.3) is 10.8 Å². The van der Waals surface area contributed by atoms with E-state index in [1.807, 2.05) is 54.9 Å². The SMILES string of the molecule is O=C(Nc1cccc2c[nH+]ccc12)C1=C2C=CC=CN2C(C2CC2)N1. The molecular formula is C20H19N4O+. The lowest BCUT2D eigenvalue weighted by atomic mass is 10.1. The normalized spacial score (nSPS) is 21.4. The summed E-state index contributed by atoms with van der Waals surface area (Å²) in [4.78, 5) is 18.2. The monoisotopic (exact) mass is 331 g/mol. The number of rotatable bonds is 3. The number of benzene rings is 1. The molecule has 0 bridgehead atoms. The number of amides is 1. The van der Waals surface area contributed by atoms with E-state index in [4.69, 9.17) is 0 Å². The molecule has 1 aliphatic carbocycles. The quantitative estimate of drug-likeness (QED) is 0.909. The molecule has 2 aromatic rings. The van der Waals surface area contributed by atoms with E-state index in [1.54, 1.807) is 0 Å². The molecule has 5 rings (SSSR count). The molecule has 1 aromatic carbocycles. The van der Waals surface area contributed by atoms with Crippen molar-refractivity contribution in [1.82, 2.24) is 10.2 Å². The Morgan fingerprint density at radius 3 is 3.04 bits per heavy atom. The fourth-order valence-electron chi connectivity index (χ4n) is 3.60. The zero-order valence-corrected chi connectivity index (χ0v) is 13.7. The molecule has 1 fully saturated rings. The summed E-state index contributed by atoms with van der Waals surface area (Å²) in [5.74, 6) is 0.521. The molecule has 1 aromatic heterocycles. The van der Waals surface area contributed by atoms with Gasteiger partial charge in [-0.3, -0.25) is 4.79 Å². The third-order valence-electron chi connectivity index (χ3n) is 5.01. The van der Waals surface area contributed by atoms with Crippen LogP contribution in [0.5, 0.6) is 0 Å². The molecule has 3 heterocycles. The third-order valence-corrected chi connectivity index (χ3v) is 5.01. The van der Waals surface area contributed by atoms with Gasteiger partial charge in [0.15, 0.2) is 12.4 Å². The lowest BCUT2D eigenvalue weighted by Gasteiger charge is -2.25. The number of nitrogens with one attached hydrogen (secondary N) is 3. The number of carbonyl (C=O) groups is 1. The summed E-state index contributed by atoms with van der Waals surface area (Å²) in [6, 6.07) is 7.89. The van der Waals surface area contributed by atoms with Gasteiger partial charge in [-0.25, -0.2) is 4.98 Å². The number of pyridine rings is 1. The van der Waals surface area contributed by atoms with Crippen molar-refractivity contribution in [3.05, 3.63) is 72.5 Å². The number of aromatic amines is 1. The van der Waals surface area contributed by atoms with E-state index in [0.717, 1.165) is 22.2 Å². The molecule has 1 unspecified atom stereocenters. The molecule has 0 radical (unpaired) electrons. The van der Waals surface area contributed by atoms with Crippen molar-refractivity contribution < 1.29 is 9.78 Å². The van der Waals surface area contributed by atoms with Crippen LogP contribution in [0.2, 0.25) is 0 Å². The summed E-state index contributed by atoms with van der Waals surface area (Å²) in [6.45, 7) is 0. The average Bonchev–Trinajstić information content (AvgIpc) is 3.42. The molecule has 5 nitrogen and oxygen atoms in total. The smallest absolute Gasteiger partial charge is 0.273 e. The van der Waals surface area contributed by atoms with E-state index >= 15 is 0 Å². The first kappa shape index (κ1) is 14.3. The van der Waals surface area contributed by atoms with Crippen LogP contribution in [-0.4, -0.2) is 17.0 Å². The summed E-state index contributed by atoms with van der Waals surface area (Å²) < 4.78 is 0. The lowest BCUT2D eigenvalue weighted by molar-refractivity contribution is -0.375. The highest BCUT2D eigenvalue weighted by molar-refractivity contribution is 6.09. The molecule has 3 aliphatic rings. The van der Waals surface area contributed by atoms with Crippen molar-refractivity contribution in [2.45, 2.75) is 19.0 Å². The predicted molar refractivity (Wildman–Crippen MR) is 95.9 cm³/mol. The molecule has 1 amide bonds. The largest absolute Gasteiger partial charge is 0.358 e. The predicted octanol–water partition coefficient (Wildman–Crippen LogP) is 2.53. The molecule has 5 heteroatoms. The average molecular weight is 331 g/mol. The van der Waals surface area contributed by atoms with E-state index in [2.05, 4.69) is 26.7 Å². The number of H-pyrrole nitrogens is 1. The molecule has 2 aliphatic heterocycles. The van der Waals surface area contributed by atoms with Gasteiger partial charge in [0.25, 0.3) is 5.91 Å². The highest BCUT2D eigenvalue weighted by Crippen LogP contribution is 2.40. The number of hydrogen-bond donors (Lipinski definition) is 2. The van der Waals surface area contributed by atoms with Gasteiger partial charge in [0.2, 0.25) is 0 Å². The van der Waals surface area contributed by atoms with Gasteiger partial charge in [0.1, 0.15) is 11.9 Å². The number of nitrogens with zero attached hydrogens (tertiary/aromatic N) is 1. The van der Waals surface area contributed by atoms with E-state index in [9.17, 15) is 4.79 Å². The van der Waals surface area contributed by atoms with Crippen LogP contribution in [-0.2, 0) is 4.79 Å². The van der Waals surface area contributed by atoms with Gasteiger partial charge in [-0.15, -0.1) is 0 Å². The van der Waals surface area contributed by atoms with Crippen LogP contribution in [0.15, 0.2) is 72.5 Å². The Bertz CT molecular complexity index is 950. The van der Waals surface area contributed by atoms with Crippen LogP contribution >= 0.6 is 0 Å². The highest BCUT2D eigenvalue weighted by Gasteiger charge is 2.42. The van der Waals surface area contributed by atoms with Crippen LogP contribution in [0.3, 0.4) is 0 Å². The van der Waals surface area contributed by atoms with Crippen LogP contribution < -0.4 is 15.6 Å². The Hall–Kier alpha value is -3.08. The standard InChI is InChI=1S/C20H18N4O/c25-20(22-16-5-3-4-14-12-21-10-9-15(14)16)18-17-6-1-2-11-24(17)19(23-18)13-7-8-13/h1-6,9-13,19,23H,7-8H2,(H,22,25)/p+1. The third kappa shape index (κ3) is 2.39. The Labute approximate surface area is 145 Å². The van der Waals surface area contributed by atoms with Crippen molar-refractivity contribution in [2.75, 3.05) is 5.32 Å². The zero-order chi connectivity index (χ0) is 16.8. The van der Waals surface area contributed by atoms with Gasteiger partial charge in [-0.1, -0.05) is 12.1 Å². The molecule has 1 atom stereocenters. The molecule has 0 saturated heterocycles. The second-order valence-corrected chi connectivity index (χ2v) is 6.70. The van der Waals surface area contributed by atoms with Gasteiger partial charge < -0.3 is 15.5 Å². The molecule has 0 spiro atoms. The van der Waals surface area contributed by atoms with Crippen LogP contribution in [0.1, 0.15) is 12.8 Å². The molecule has 124 valence electrons.